The lowest BCUT2D eigenvalue weighted by Crippen LogP contribution is -2.31. The molecule has 4 nitrogen and oxygen atoms in total. The lowest BCUT2D eigenvalue weighted by atomic mass is 10.00. The Morgan fingerprint density at radius 2 is 2.16 bits per heavy atom. The van der Waals surface area contributed by atoms with Gasteiger partial charge in [-0.2, -0.15) is 0 Å². The summed E-state index contributed by atoms with van der Waals surface area (Å²) in [5, 5.41) is 12.0. The number of nitrogens with two attached hydrogens (primary N) is 1. The molecule has 0 bridgehead atoms. The first-order valence-corrected chi connectivity index (χ1v) is 6.90. The minimum absolute atomic E-state index is 0.0265. The van der Waals surface area contributed by atoms with Gasteiger partial charge < -0.3 is 16.2 Å². The van der Waals surface area contributed by atoms with Crippen LogP contribution in [-0.2, 0) is 17.9 Å². The molecule has 104 valence electrons. The number of amides is 1. The van der Waals surface area contributed by atoms with Crippen molar-refractivity contribution in [3.05, 3.63) is 35.4 Å². The Balaban J connectivity index is 1.79. The number of rotatable bonds is 5. The van der Waals surface area contributed by atoms with Crippen LogP contribution in [0.5, 0.6) is 0 Å². The van der Waals surface area contributed by atoms with Gasteiger partial charge in [-0.05, 0) is 29.9 Å². The third-order valence-electron chi connectivity index (χ3n) is 3.83. The van der Waals surface area contributed by atoms with Crippen molar-refractivity contribution < 1.29 is 9.90 Å². The monoisotopic (exact) mass is 262 g/mol. The number of hydrogen-bond donors (Lipinski definition) is 3. The minimum atomic E-state index is 0.0265. The van der Waals surface area contributed by atoms with Crippen molar-refractivity contribution in [2.45, 2.75) is 44.9 Å². The Morgan fingerprint density at radius 3 is 2.84 bits per heavy atom. The first kappa shape index (κ1) is 14.0. The van der Waals surface area contributed by atoms with Crippen molar-refractivity contribution in [1.29, 1.82) is 0 Å². The highest BCUT2D eigenvalue weighted by molar-refractivity contribution is 5.76. The number of nitrogens with one attached hydrogen (secondary N) is 1. The van der Waals surface area contributed by atoms with Gasteiger partial charge in [0.1, 0.15) is 0 Å². The Bertz CT molecular complexity index is 434. The molecule has 0 spiro atoms. The summed E-state index contributed by atoms with van der Waals surface area (Å²) >= 11 is 0. The lowest BCUT2D eigenvalue weighted by molar-refractivity contribution is -0.122. The average molecular weight is 262 g/mol. The fraction of sp³-hybridized carbons (Fsp3) is 0.533. The van der Waals surface area contributed by atoms with Crippen LogP contribution < -0.4 is 11.1 Å². The molecule has 19 heavy (non-hydrogen) atoms. The van der Waals surface area contributed by atoms with Crippen LogP contribution in [0, 0.1) is 5.92 Å². The van der Waals surface area contributed by atoms with Gasteiger partial charge in [-0.15, -0.1) is 0 Å². The molecule has 4 N–H and O–H groups in total. The molecule has 4 heteroatoms. The number of carbonyl (C=O) groups is 1. The smallest absolute Gasteiger partial charge is 0.220 e. The zero-order chi connectivity index (χ0) is 13.7. The van der Waals surface area contributed by atoms with Gasteiger partial charge in [0.25, 0.3) is 0 Å². The molecule has 0 aromatic heterocycles. The molecule has 1 aromatic rings. The fourth-order valence-electron chi connectivity index (χ4n) is 2.67. The van der Waals surface area contributed by atoms with E-state index < -0.39 is 0 Å². The predicted octanol–water partition coefficient (Wildman–Crippen LogP) is 1.31. The molecule has 2 rings (SSSR count). The molecule has 1 amide bonds. The van der Waals surface area contributed by atoms with Crippen LogP contribution in [-0.4, -0.2) is 17.1 Å². The van der Waals surface area contributed by atoms with Crippen molar-refractivity contribution >= 4 is 5.91 Å². The van der Waals surface area contributed by atoms with E-state index >= 15 is 0 Å². The van der Waals surface area contributed by atoms with Crippen LogP contribution in [0.4, 0.5) is 0 Å². The second kappa shape index (κ2) is 6.68. The van der Waals surface area contributed by atoms with Gasteiger partial charge in [0.2, 0.25) is 5.91 Å². The maximum absolute atomic E-state index is 11.9. The number of benzene rings is 1. The third-order valence-corrected chi connectivity index (χ3v) is 3.83. The highest BCUT2D eigenvalue weighted by atomic mass is 16.3. The van der Waals surface area contributed by atoms with E-state index in [1.807, 2.05) is 24.3 Å². The minimum Gasteiger partial charge on any atom is -0.392 e. The molecule has 2 atom stereocenters. The maximum Gasteiger partial charge on any atom is 0.220 e. The van der Waals surface area contributed by atoms with E-state index in [0.717, 1.165) is 30.4 Å². The second-order valence-electron chi connectivity index (χ2n) is 5.31. The molecular formula is C15H22N2O2. The van der Waals surface area contributed by atoms with Gasteiger partial charge in [0, 0.05) is 19.0 Å². The van der Waals surface area contributed by atoms with E-state index in [2.05, 4.69) is 5.32 Å². The number of hydrogen-bond acceptors (Lipinski definition) is 3. The van der Waals surface area contributed by atoms with Crippen LogP contribution in [0.3, 0.4) is 0 Å². The molecule has 1 aliphatic rings. The fourth-order valence-corrected chi connectivity index (χ4v) is 2.67. The Kier molecular flexibility index (Phi) is 4.93. The van der Waals surface area contributed by atoms with Crippen molar-refractivity contribution in [3.63, 3.8) is 0 Å². The summed E-state index contributed by atoms with van der Waals surface area (Å²) in [5.74, 6) is 0.403. The maximum atomic E-state index is 11.9. The molecule has 1 fully saturated rings. The third kappa shape index (κ3) is 4.04. The Hall–Kier alpha value is -1.39. The lowest BCUT2D eigenvalue weighted by Gasteiger charge is -2.14. The van der Waals surface area contributed by atoms with E-state index in [1.54, 1.807) is 0 Å². The van der Waals surface area contributed by atoms with E-state index in [1.165, 1.54) is 0 Å². The largest absolute Gasteiger partial charge is 0.392 e. The van der Waals surface area contributed by atoms with Crippen LogP contribution in [0.1, 0.15) is 36.8 Å². The molecule has 0 radical (unpaired) electrons. The molecular weight excluding hydrogens is 240 g/mol. The summed E-state index contributed by atoms with van der Waals surface area (Å²) < 4.78 is 0. The van der Waals surface area contributed by atoms with E-state index in [4.69, 9.17) is 10.8 Å². The SMILES string of the molecule is N[C@@H]1CCC[C@H]1CC(=O)NCc1cccc(CO)c1. The van der Waals surface area contributed by atoms with Crippen LogP contribution in [0.2, 0.25) is 0 Å². The van der Waals surface area contributed by atoms with Crippen molar-refractivity contribution in [2.24, 2.45) is 11.7 Å². The van der Waals surface area contributed by atoms with E-state index in [0.29, 0.717) is 18.9 Å². The summed E-state index contributed by atoms with van der Waals surface area (Å²) in [7, 11) is 0. The Labute approximate surface area is 114 Å². The van der Waals surface area contributed by atoms with Gasteiger partial charge >= 0.3 is 0 Å². The summed E-state index contributed by atoms with van der Waals surface area (Å²) in [6.45, 7) is 0.535. The quantitative estimate of drug-likeness (QED) is 0.749. The van der Waals surface area contributed by atoms with Gasteiger partial charge in [-0.1, -0.05) is 30.7 Å². The molecule has 0 aliphatic heterocycles. The zero-order valence-corrected chi connectivity index (χ0v) is 11.1. The molecule has 1 aromatic carbocycles. The molecule has 1 saturated carbocycles. The highest BCUT2D eigenvalue weighted by Crippen LogP contribution is 2.26. The predicted molar refractivity (Wildman–Crippen MR) is 74.1 cm³/mol. The number of carbonyl (C=O) groups excluding carboxylic acids is 1. The van der Waals surface area contributed by atoms with Gasteiger partial charge in [-0.25, -0.2) is 0 Å². The first-order chi connectivity index (χ1) is 9.19. The van der Waals surface area contributed by atoms with Crippen molar-refractivity contribution in [1.82, 2.24) is 5.32 Å². The van der Waals surface area contributed by atoms with Crippen LogP contribution in [0.25, 0.3) is 0 Å². The van der Waals surface area contributed by atoms with Crippen LogP contribution in [0.15, 0.2) is 24.3 Å². The molecule has 0 saturated heterocycles. The Morgan fingerprint density at radius 1 is 1.37 bits per heavy atom. The van der Waals surface area contributed by atoms with E-state index in [-0.39, 0.29) is 18.6 Å². The number of aliphatic hydroxyl groups excluding tert-OH is 1. The number of aliphatic hydroxyl groups is 1. The van der Waals surface area contributed by atoms with Crippen molar-refractivity contribution in [2.75, 3.05) is 0 Å². The van der Waals surface area contributed by atoms with Gasteiger partial charge in [0.15, 0.2) is 0 Å². The highest BCUT2D eigenvalue weighted by Gasteiger charge is 2.25. The normalized spacial score (nSPS) is 22.4. The van der Waals surface area contributed by atoms with Gasteiger partial charge in [-0.3, -0.25) is 4.79 Å². The van der Waals surface area contributed by atoms with Crippen molar-refractivity contribution in [3.8, 4) is 0 Å². The zero-order valence-electron chi connectivity index (χ0n) is 11.1. The first-order valence-electron chi connectivity index (χ1n) is 6.90. The average Bonchev–Trinajstić information content (AvgIpc) is 2.82. The topological polar surface area (TPSA) is 75.4 Å². The summed E-state index contributed by atoms with van der Waals surface area (Å²) in [6.07, 6.45) is 3.77. The summed E-state index contributed by atoms with van der Waals surface area (Å²) in [4.78, 5) is 11.9. The standard InChI is InChI=1S/C15H22N2O2/c16-14-6-2-5-13(14)8-15(19)17-9-11-3-1-4-12(7-11)10-18/h1,3-4,7,13-14,18H,2,5-6,8-10,16H2,(H,17,19)/t13-,14+/m0/s1. The van der Waals surface area contributed by atoms with E-state index in [9.17, 15) is 4.79 Å². The second-order valence-corrected chi connectivity index (χ2v) is 5.31. The summed E-state index contributed by atoms with van der Waals surface area (Å²) in [5.41, 5.74) is 7.84. The van der Waals surface area contributed by atoms with Gasteiger partial charge in [0.05, 0.1) is 6.61 Å². The molecule has 0 unspecified atom stereocenters. The summed E-state index contributed by atoms with van der Waals surface area (Å²) in [6, 6.07) is 7.79. The molecule has 0 heterocycles. The molecule has 1 aliphatic carbocycles. The van der Waals surface area contributed by atoms with Crippen LogP contribution >= 0.6 is 0 Å².